The van der Waals surface area contributed by atoms with Crippen LogP contribution in [0.25, 0.3) is 0 Å². The van der Waals surface area contributed by atoms with E-state index in [1.165, 1.54) is 19.3 Å². The summed E-state index contributed by atoms with van der Waals surface area (Å²) in [6.45, 7) is 11.1. The molecule has 4 unspecified atom stereocenters. The summed E-state index contributed by atoms with van der Waals surface area (Å²) in [4.78, 5) is 0. The minimum atomic E-state index is -0.579. The number of alkyl halides is 1. The third-order valence-electron chi connectivity index (χ3n) is 4.16. The minimum Gasteiger partial charge on any atom is -0.248 e. The van der Waals surface area contributed by atoms with E-state index in [1.807, 2.05) is 6.92 Å². The molecule has 0 bridgehead atoms. The molecule has 1 heteroatoms. The summed E-state index contributed by atoms with van der Waals surface area (Å²) in [5.74, 6) is 2.27. The molecule has 98 valence electrons. The Bertz CT molecular complexity index is 138. The second-order valence-electron chi connectivity index (χ2n) is 5.63. The van der Waals surface area contributed by atoms with Crippen molar-refractivity contribution in [3.63, 3.8) is 0 Å². The zero-order chi connectivity index (χ0) is 12.6. The Labute approximate surface area is 102 Å². The Balaban J connectivity index is 3.68. The first kappa shape index (κ1) is 15.9. The van der Waals surface area contributed by atoms with Gasteiger partial charge in [-0.25, -0.2) is 4.39 Å². The topological polar surface area (TPSA) is 0 Å². The molecule has 0 nitrogen and oxygen atoms in total. The van der Waals surface area contributed by atoms with Gasteiger partial charge in [0.25, 0.3) is 0 Å². The Kier molecular flexibility index (Phi) is 8.97. The molecule has 0 heterocycles. The molecule has 0 saturated carbocycles. The summed E-state index contributed by atoms with van der Waals surface area (Å²) in [7, 11) is 0. The van der Waals surface area contributed by atoms with Crippen LogP contribution in [0.3, 0.4) is 0 Å². The molecule has 0 N–H and O–H groups in total. The van der Waals surface area contributed by atoms with Crippen LogP contribution < -0.4 is 0 Å². The fourth-order valence-corrected chi connectivity index (χ4v) is 1.97. The van der Waals surface area contributed by atoms with Gasteiger partial charge < -0.3 is 0 Å². The van der Waals surface area contributed by atoms with E-state index in [9.17, 15) is 4.39 Å². The highest BCUT2D eigenvalue weighted by atomic mass is 19.1. The summed E-state index contributed by atoms with van der Waals surface area (Å²) >= 11 is 0. The molecule has 0 spiro atoms. The summed E-state index contributed by atoms with van der Waals surface area (Å²) in [5.41, 5.74) is 0. The van der Waals surface area contributed by atoms with Gasteiger partial charge in [-0.3, -0.25) is 0 Å². The second-order valence-corrected chi connectivity index (χ2v) is 5.63. The Morgan fingerprint density at radius 1 is 0.750 bits per heavy atom. The van der Waals surface area contributed by atoms with Gasteiger partial charge in [-0.05, 0) is 37.0 Å². The highest BCUT2D eigenvalue weighted by Gasteiger charge is 2.15. The average molecular weight is 230 g/mol. The normalized spacial score (nSPS) is 19.1. The molecule has 0 aliphatic carbocycles. The first-order valence-corrected chi connectivity index (χ1v) is 7.15. The standard InChI is InChI=1S/C15H31F/c1-6-12(3)8-9-13(4)14(5)10-11-15(16)7-2/h12-15H,6-11H2,1-5H3. The van der Waals surface area contributed by atoms with Crippen molar-refractivity contribution in [1.29, 1.82) is 0 Å². The van der Waals surface area contributed by atoms with E-state index in [1.54, 1.807) is 0 Å². The third kappa shape index (κ3) is 7.24. The van der Waals surface area contributed by atoms with Crippen molar-refractivity contribution in [2.45, 2.75) is 79.3 Å². The van der Waals surface area contributed by atoms with Crippen molar-refractivity contribution in [2.24, 2.45) is 17.8 Å². The lowest BCUT2D eigenvalue weighted by Crippen LogP contribution is -2.11. The van der Waals surface area contributed by atoms with Crippen LogP contribution in [0.15, 0.2) is 0 Å². The molecule has 0 saturated heterocycles. The smallest absolute Gasteiger partial charge is 0.0999 e. The van der Waals surface area contributed by atoms with Crippen LogP contribution in [-0.4, -0.2) is 6.17 Å². The molecule has 16 heavy (non-hydrogen) atoms. The quantitative estimate of drug-likeness (QED) is 0.482. The maximum atomic E-state index is 13.1. The Morgan fingerprint density at radius 2 is 1.25 bits per heavy atom. The molecule has 0 amide bonds. The van der Waals surface area contributed by atoms with Crippen LogP contribution in [0.4, 0.5) is 4.39 Å². The third-order valence-corrected chi connectivity index (χ3v) is 4.16. The van der Waals surface area contributed by atoms with E-state index in [2.05, 4.69) is 27.7 Å². The Hall–Kier alpha value is -0.0700. The van der Waals surface area contributed by atoms with Crippen LogP contribution in [0.2, 0.25) is 0 Å². The summed E-state index contributed by atoms with van der Waals surface area (Å²) < 4.78 is 13.1. The van der Waals surface area contributed by atoms with E-state index in [-0.39, 0.29) is 0 Å². The van der Waals surface area contributed by atoms with Gasteiger partial charge in [0.15, 0.2) is 0 Å². The van der Waals surface area contributed by atoms with Crippen LogP contribution >= 0.6 is 0 Å². The van der Waals surface area contributed by atoms with Crippen LogP contribution in [0, 0.1) is 17.8 Å². The van der Waals surface area contributed by atoms with Gasteiger partial charge in [0, 0.05) is 0 Å². The van der Waals surface area contributed by atoms with Gasteiger partial charge in [-0.1, -0.05) is 53.9 Å². The number of rotatable bonds is 9. The van der Waals surface area contributed by atoms with Crippen molar-refractivity contribution in [3.8, 4) is 0 Å². The molecule has 0 aromatic heterocycles. The van der Waals surface area contributed by atoms with Gasteiger partial charge in [-0.15, -0.1) is 0 Å². The predicted molar refractivity (Wildman–Crippen MR) is 71.4 cm³/mol. The summed E-state index contributed by atoms with van der Waals surface area (Å²) in [6, 6.07) is 0. The molecular formula is C15H31F. The molecule has 0 aliphatic heterocycles. The lowest BCUT2D eigenvalue weighted by atomic mass is 9.85. The van der Waals surface area contributed by atoms with Crippen molar-refractivity contribution in [3.05, 3.63) is 0 Å². The molecule has 0 aromatic carbocycles. The minimum absolute atomic E-state index is 0.579. The van der Waals surface area contributed by atoms with E-state index in [0.717, 1.165) is 24.7 Å². The second kappa shape index (κ2) is 9.01. The SMILES string of the molecule is CCC(C)CCC(C)C(C)CCC(F)CC. The fraction of sp³-hybridized carbons (Fsp3) is 1.00. The van der Waals surface area contributed by atoms with E-state index in [0.29, 0.717) is 12.3 Å². The van der Waals surface area contributed by atoms with Gasteiger partial charge >= 0.3 is 0 Å². The number of hydrogen-bond acceptors (Lipinski definition) is 0. The first-order valence-electron chi connectivity index (χ1n) is 7.15. The zero-order valence-electron chi connectivity index (χ0n) is 11.9. The van der Waals surface area contributed by atoms with E-state index in [4.69, 9.17) is 0 Å². The highest BCUT2D eigenvalue weighted by molar-refractivity contribution is 4.66. The molecule has 0 aromatic rings. The monoisotopic (exact) mass is 230 g/mol. The molecule has 0 rings (SSSR count). The van der Waals surface area contributed by atoms with Gasteiger partial charge in [0.05, 0.1) is 6.17 Å². The van der Waals surface area contributed by atoms with Gasteiger partial charge in [-0.2, -0.15) is 0 Å². The average Bonchev–Trinajstić information content (AvgIpc) is 2.31. The van der Waals surface area contributed by atoms with E-state index < -0.39 is 6.17 Å². The lowest BCUT2D eigenvalue weighted by Gasteiger charge is -2.21. The van der Waals surface area contributed by atoms with Crippen LogP contribution in [0.1, 0.15) is 73.1 Å². The first-order chi connectivity index (χ1) is 7.51. The fourth-order valence-electron chi connectivity index (χ4n) is 1.97. The van der Waals surface area contributed by atoms with Crippen LogP contribution in [0.5, 0.6) is 0 Å². The molecule has 0 fully saturated rings. The predicted octanol–water partition coefficient (Wildman–Crippen LogP) is 5.61. The molecule has 0 radical (unpaired) electrons. The van der Waals surface area contributed by atoms with Crippen molar-refractivity contribution in [1.82, 2.24) is 0 Å². The lowest BCUT2D eigenvalue weighted by molar-refractivity contribution is 0.249. The summed E-state index contributed by atoms with van der Waals surface area (Å²) in [6.07, 6.45) is 5.82. The molecule has 4 atom stereocenters. The van der Waals surface area contributed by atoms with E-state index >= 15 is 0 Å². The highest BCUT2D eigenvalue weighted by Crippen LogP contribution is 2.25. The van der Waals surface area contributed by atoms with Crippen molar-refractivity contribution in [2.75, 3.05) is 0 Å². The zero-order valence-corrected chi connectivity index (χ0v) is 11.9. The maximum absolute atomic E-state index is 13.1. The van der Waals surface area contributed by atoms with Crippen LogP contribution in [-0.2, 0) is 0 Å². The molecule has 0 aliphatic rings. The largest absolute Gasteiger partial charge is 0.248 e. The molecular weight excluding hydrogens is 199 g/mol. The van der Waals surface area contributed by atoms with Gasteiger partial charge in [0.2, 0.25) is 0 Å². The van der Waals surface area contributed by atoms with Crippen molar-refractivity contribution >= 4 is 0 Å². The summed E-state index contributed by atoms with van der Waals surface area (Å²) in [5, 5.41) is 0. The number of hydrogen-bond donors (Lipinski definition) is 0. The Morgan fingerprint density at radius 3 is 1.69 bits per heavy atom. The number of halogens is 1. The van der Waals surface area contributed by atoms with Gasteiger partial charge in [0.1, 0.15) is 0 Å². The maximum Gasteiger partial charge on any atom is 0.0999 e. The van der Waals surface area contributed by atoms with Crippen molar-refractivity contribution < 1.29 is 4.39 Å².